The number of aryl methyl sites for hydroxylation is 1. The average molecular weight is 466 g/mol. The predicted molar refractivity (Wildman–Crippen MR) is 138 cm³/mol. The Labute approximate surface area is 201 Å². The van der Waals surface area contributed by atoms with Crippen LogP contribution in [0, 0.1) is 6.92 Å². The van der Waals surface area contributed by atoms with Crippen LogP contribution in [-0.4, -0.2) is 63.4 Å². The Morgan fingerprint density at radius 2 is 1.82 bits per heavy atom. The Bertz CT molecular complexity index is 1250. The van der Waals surface area contributed by atoms with Crippen molar-refractivity contribution >= 4 is 34.3 Å². The Hall–Kier alpha value is -3.33. The fourth-order valence-corrected chi connectivity index (χ4v) is 4.63. The van der Waals surface area contributed by atoms with Crippen molar-refractivity contribution in [3.05, 3.63) is 46.0 Å². The van der Waals surface area contributed by atoms with Gasteiger partial charge in [0.15, 0.2) is 5.78 Å². The summed E-state index contributed by atoms with van der Waals surface area (Å²) < 4.78 is 1.66. The van der Waals surface area contributed by atoms with E-state index >= 15 is 0 Å². The molecule has 0 unspecified atom stereocenters. The van der Waals surface area contributed by atoms with Gasteiger partial charge in [-0.25, -0.2) is 9.97 Å². The van der Waals surface area contributed by atoms with Crippen LogP contribution in [0.2, 0.25) is 0 Å². The summed E-state index contributed by atoms with van der Waals surface area (Å²) in [5.74, 6) is 0.753. The largest absolute Gasteiger partial charge is 0.368 e. The molecule has 3 aromatic heterocycles. The molecule has 9 heteroatoms. The van der Waals surface area contributed by atoms with Gasteiger partial charge in [0, 0.05) is 45.2 Å². The Morgan fingerprint density at radius 3 is 2.41 bits per heavy atom. The van der Waals surface area contributed by atoms with Crippen molar-refractivity contribution < 1.29 is 6.22 Å². The van der Waals surface area contributed by atoms with Crippen molar-refractivity contribution in [3.8, 4) is 0 Å². The maximum Gasteiger partial charge on any atom is 0.263 e. The lowest BCUT2D eigenvalue weighted by Gasteiger charge is -2.33. The molecular weight excluding hydrogens is 430 g/mol. The number of hydrogen-bond donors (Lipinski definition) is 1. The zero-order valence-corrected chi connectivity index (χ0v) is 20.6. The van der Waals surface area contributed by atoms with E-state index in [-0.39, 0.29) is 24.4 Å². The molecule has 1 aliphatic rings. The van der Waals surface area contributed by atoms with E-state index < -0.39 is 0 Å². The smallest absolute Gasteiger partial charge is 0.263 e. The summed E-state index contributed by atoms with van der Waals surface area (Å²) in [6.07, 6.45) is 5.06. The normalized spacial score (nSPS) is 14.7. The number of pyridine rings is 2. The molecule has 0 saturated carbocycles. The molecule has 1 fully saturated rings. The van der Waals surface area contributed by atoms with Gasteiger partial charge < -0.3 is 15.1 Å². The third-order valence-corrected chi connectivity index (χ3v) is 6.72. The van der Waals surface area contributed by atoms with Gasteiger partial charge in [0.25, 0.3) is 5.56 Å². The number of ketones is 1. The Balaban J connectivity index is 0.00000342. The van der Waals surface area contributed by atoms with Gasteiger partial charge in [-0.15, -0.1) is 0 Å². The molecule has 0 amide bonds. The number of likely N-dealkylation sites (N-methyl/N-ethyl adjacent to an activating group) is 1. The first-order valence-corrected chi connectivity index (χ1v) is 11.9. The van der Waals surface area contributed by atoms with Crippen LogP contribution >= 0.6 is 0 Å². The first-order chi connectivity index (χ1) is 16.3. The molecule has 34 heavy (non-hydrogen) atoms. The minimum absolute atomic E-state index is 0. The summed E-state index contributed by atoms with van der Waals surface area (Å²) in [5.41, 5.74) is 2.17. The molecule has 182 valence electrons. The third kappa shape index (κ3) is 4.52. The summed E-state index contributed by atoms with van der Waals surface area (Å²) in [4.78, 5) is 44.0. The van der Waals surface area contributed by atoms with Gasteiger partial charge in [0.05, 0.1) is 17.4 Å². The second-order valence-electron chi connectivity index (χ2n) is 8.95. The zero-order valence-electron chi connectivity index (χ0n) is 20.6. The topological polar surface area (TPSA) is 96.2 Å². The highest BCUT2D eigenvalue weighted by Gasteiger charge is 2.22. The van der Waals surface area contributed by atoms with Crippen molar-refractivity contribution in [3.63, 3.8) is 0 Å². The van der Waals surface area contributed by atoms with Crippen LogP contribution in [-0.2, 0) is 0 Å². The summed E-state index contributed by atoms with van der Waals surface area (Å²) >= 11 is 0. The number of rotatable bonds is 7. The van der Waals surface area contributed by atoms with E-state index in [0.29, 0.717) is 28.4 Å². The standard InChI is InChI=1S/C25H33N7O2.H2/c1-6-18(7-2)32-23-20(16(3)22(17(4)33)24(32)34)15-27-25(29-23)28-21-9-8-19(14-26-21)31-12-10-30(5)11-13-31;/h8-9,14-15,18H,6-7,10-13H2,1-5H3,(H,26,27,28,29);1H. The van der Waals surface area contributed by atoms with Crippen LogP contribution in [0.25, 0.3) is 11.0 Å². The van der Waals surface area contributed by atoms with Crippen LogP contribution in [0.5, 0.6) is 0 Å². The molecule has 0 spiro atoms. The summed E-state index contributed by atoms with van der Waals surface area (Å²) in [6.45, 7) is 11.3. The van der Waals surface area contributed by atoms with Crippen molar-refractivity contribution in [1.82, 2.24) is 24.4 Å². The minimum Gasteiger partial charge on any atom is -0.368 e. The lowest BCUT2D eigenvalue weighted by atomic mass is 10.0. The highest BCUT2D eigenvalue weighted by molar-refractivity contribution is 5.99. The molecule has 0 aliphatic carbocycles. The molecule has 0 bridgehead atoms. The van der Waals surface area contributed by atoms with E-state index in [2.05, 4.69) is 32.1 Å². The lowest BCUT2D eigenvalue weighted by molar-refractivity contribution is 0.101. The Morgan fingerprint density at radius 1 is 1.12 bits per heavy atom. The van der Waals surface area contributed by atoms with E-state index in [4.69, 9.17) is 4.98 Å². The highest BCUT2D eigenvalue weighted by Crippen LogP contribution is 2.25. The predicted octanol–water partition coefficient (Wildman–Crippen LogP) is 3.80. The van der Waals surface area contributed by atoms with Crippen molar-refractivity contribution in [1.29, 1.82) is 0 Å². The fourth-order valence-electron chi connectivity index (χ4n) is 4.63. The zero-order chi connectivity index (χ0) is 24.4. The van der Waals surface area contributed by atoms with Crippen LogP contribution in [0.15, 0.2) is 29.3 Å². The van der Waals surface area contributed by atoms with Crippen LogP contribution in [0.3, 0.4) is 0 Å². The van der Waals surface area contributed by atoms with Crippen LogP contribution in [0.1, 0.15) is 57.0 Å². The third-order valence-electron chi connectivity index (χ3n) is 6.72. The molecule has 9 nitrogen and oxygen atoms in total. The Kier molecular flexibility index (Phi) is 6.92. The molecule has 1 aliphatic heterocycles. The maximum absolute atomic E-state index is 13.3. The molecule has 0 atom stereocenters. The van der Waals surface area contributed by atoms with Gasteiger partial charge in [0.2, 0.25) is 5.95 Å². The molecule has 4 heterocycles. The van der Waals surface area contributed by atoms with Gasteiger partial charge in [-0.1, -0.05) is 13.8 Å². The second kappa shape index (κ2) is 9.89. The lowest BCUT2D eigenvalue weighted by Crippen LogP contribution is -2.44. The molecule has 3 aromatic rings. The number of piperazine rings is 1. The number of Topliss-reactive ketones (excluding diaryl/α,β-unsaturated/α-hetero) is 1. The van der Waals surface area contributed by atoms with Gasteiger partial charge in [-0.2, -0.15) is 4.98 Å². The number of hydrogen-bond acceptors (Lipinski definition) is 8. The summed E-state index contributed by atoms with van der Waals surface area (Å²) in [6, 6.07) is 3.90. The van der Waals surface area contributed by atoms with Gasteiger partial charge in [-0.3, -0.25) is 14.2 Å². The highest BCUT2D eigenvalue weighted by atomic mass is 16.1. The molecule has 0 aromatic carbocycles. The van der Waals surface area contributed by atoms with Crippen molar-refractivity contribution in [2.45, 2.75) is 46.6 Å². The van der Waals surface area contributed by atoms with Gasteiger partial charge in [-0.05, 0) is 51.4 Å². The number of anilines is 3. The minimum atomic E-state index is -0.287. The van der Waals surface area contributed by atoms with Gasteiger partial charge >= 0.3 is 0 Å². The quantitative estimate of drug-likeness (QED) is 0.527. The number of aromatic nitrogens is 4. The van der Waals surface area contributed by atoms with Crippen LogP contribution in [0.4, 0.5) is 17.5 Å². The van der Waals surface area contributed by atoms with E-state index in [9.17, 15) is 9.59 Å². The SMILES string of the molecule is CCC(CC)n1c(=O)c(C(C)=O)c(C)c2cnc(Nc3ccc(N4CCN(C)CC4)cn3)nc21.[HH]. The molecule has 1 saturated heterocycles. The first kappa shape index (κ1) is 23.8. The summed E-state index contributed by atoms with van der Waals surface area (Å²) in [5, 5.41) is 3.88. The van der Waals surface area contributed by atoms with Crippen molar-refractivity contribution in [2.75, 3.05) is 43.4 Å². The number of nitrogens with one attached hydrogen (secondary N) is 1. The molecular formula is C25H35N7O2. The van der Waals surface area contributed by atoms with Crippen LogP contribution < -0.4 is 15.8 Å². The number of nitrogens with zero attached hydrogens (tertiary/aromatic N) is 6. The number of fused-ring (bicyclic) bond motifs is 1. The average Bonchev–Trinajstić information content (AvgIpc) is 2.82. The van der Waals surface area contributed by atoms with E-state index in [0.717, 1.165) is 44.7 Å². The molecule has 1 N–H and O–H groups in total. The van der Waals surface area contributed by atoms with E-state index in [1.165, 1.54) is 6.92 Å². The van der Waals surface area contributed by atoms with E-state index in [1.54, 1.807) is 17.7 Å². The number of carbonyl (C=O) groups excluding carboxylic acids is 1. The second-order valence-corrected chi connectivity index (χ2v) is 8.95. The maximum atomic E-state index is 13.3. The number of carbonyl (C=O) groups is 1. The van der Waals surface area contributed by atoms with Crippen molar-refractivity contribution in [2.24, 2.45) is 0 Å². The molecule has 4 rings (SSSR count). The summed E-state index contributed by atoms with van der Waals surface area (Å²) in [7, 11) is 2.14. The monoisotopic (exact) mass is 465 g/mol. The molecule has 0 radical (unpaired) electrons. The van der Waals surface area contributed by atoms with E-state index in [1.807, 2.05) is 32.2 Å². The first-order valence-electron chi connectivity index (χ1n) is 11.9. The van der Waals surface area contributed by atoms with Gasteiger partial charge in [0.1, 0.15) is 11.5 Å². The fraction of sp³-hybridized carbons (Fsp3) is 0.480.